The van der Waals surface area contributed by atoms with Crippen LogP contribution >= 0.6 is 0 Å². The van der Waals surface area contributed by atoms with E-state index in [1.807, 2.05) is 0 Å². The molecule has 4 aromatic carbocycles. The van der Waals surface area contributed by atoms with E-state index in [-0.39, 0.29) is 5.41 Å². The Morgan fingerprint density at radius 1 is 0.586 bits per heavy atom. The summed E-state index contributed by atoms with van der Waals surface area (Å²) in [5.41, 5.74) is 9.56. The van der Waals surface area contributed by atoms with Crippen LogP contribution < -0.4 is 0 Å². The summed E-state index contributed by atoms with van der Waals surface area (Å²) in [5.74, 6) is 0.398. The van der Waals surface area contributed by atoms with Crippen LogP contribution in [-0.2, 0) is 5.41 Å². The fourth-order valence-electron chi connectivity index (χ4n) is 5.09. The Morgan fingerprint density at radius 2 is 1.10 bits per heavy atom. The molecule has 0 heterocycles. The zero-order valence-corrected chi connectivity index (χ0v) is 17.1. The van der Waals surface area contributed by atoms with Crippen molar-refractivity contribution in [3.63, 3.8) is 0 Å². The summed E-state index contributed by atoms with van der Waals surface area (Å²) in [6.45, 7) is 4.33. The molecule has 0 radical (unpaired) electrons. The minimum absolute atomic E-state index is 0.126. The largest absolute Gasteiger partial charge is 0.0622 e. The van der Waals surface area contributed by atoms with E-state index in [0.717, 1.165) is 6.42 Å². The Morgan fingerprint density at radius 3 is 1.69 bits per heavy atom. The van der Waals surface area contributed by atoms with Gasteiger partial charge in [0.15, 0.2) is 0 Å². The van der Waals surface area contributed by atoms with E-state index in [0.29, 0.717) is 5.92 Å². The highest BCUT2D eigenvalue weighted by Crippen LogP contribution is 2.55. The number of benzene rings is 4. The molecule has 0 amide bonds. The van der Waals surface area contributed by atoms with Crippen molar-refractivity contribution in [3.8, 4) is 0 Å². The van der Waals surface area contributed by atoms with Crippen molar-refractivity contribution in [2.75, 3.05) is 0 Å². The lowest BCUT2D eigenvalue weighted by Gasteiger charge is -2.33. The highest BCUT2D eigenvalue weighted by Gasteiger charge is 2.46. The molecule has 5 rings (SSSR count). The topological polar surface area (TPSA) is 0 Å². The second-order valence-corrected chi connectivity index (χ2v) is 8.39. The van der Waals surface area contributed by atoms with Crippen molar-refractivity contribution in [1.29, 1.82) is 0 Å². The third-order valence-corrected chi connectivity index (χ3v) is 6.60. The van der Waals surface area contributed by atoms with Gasteiger partial charge in [-0.05, 0) is 48.1 Å². The summed E-state index contributed by atoms with van der Waals surface area (Å²) in [4.78, 5) is 0. The van der Waals surface area contributed by atoms with Crippen LogP contribution in [0.25, 0.3) is 0 Å². The summed E-state index contributed by atoms with van der Waals surface area (Å²) < 4.78 is 0. The normalized spacial score (nSPS) is 17.1. The maximum Gasteiger partial charge on any atom is 0.0463 e. The lowest BCUT2D eigenvalue weighted by atomic mass is 9.69. The first-order valence-electron chi connectivity index (χ1n) is 10.5. The molecule has 0 heteroatoms. The van der Waals surface area contributed by atoms with Crippen molar-refractivity contribution in [3.05, 3.63) is 142 Å². The summed E-state index contributed by atoms with van der Waals surface area (Å²) in [5, 5.41) is 0. The first kappa shape index (κ1) is 17.9. The van der Waals surface area contributed by atoms with E-state index in [4.69, 9.17) is 0 Å². The van der Waals surface area contributed by atoms with Crippen molar-refractivity contribution >= 4 is 0 Å². The van der Waals surface area contributed by atoms with Crippen LogP contribution in [0, 0.1) is 13.8 Å². The Balaban J connectivity index is 1.79. The molecule has 0 saturated carbocycles. The Labute approximate surface area is 173 Å². The van der Waals surface area contributed by atoms with Gasteiger partial charge in [0.2, 0.25) is 0 Å². The fraction of sp³-hybridized carbons (Fsp3) is 0.172. The number of rotatable bonds is 3. The molecule has 29 heavy (non-hydrogen) atoms. The highest BCUT2D eigenvalue weighted by molar-refractivity contribution is 5.60. The van der Waals surface area contributed by atoms with Crippen molar-refractivity contribution in [2.24, 2.45) is 0 Å². The van der Waals surface area contributed by atoms with E-state index in [1.165, 1.54) is 38.9 Å². The molecular weight excluding hydrogens is 348 g/mol. The van der Waals surface area contributed by atoms with Gasteiger partial charge in [-0.25, -0.2) is 0 Å². The number of hydrogen-bond acceptors (Lipinski definition) is 0. The quantitative estimate of drug-likeness (QED) is 0.356. The molecule has 0 bridgehead atoms. The van der Waals surface area contributed by atoms with Crippen molar-refractivity contribution in [1.82, 2.24) is 0 Å². The predicted octanol–water partition coefficient (Wildman–Crippen LogP) is 7.17. The van der Waals surface area contributed by atoms with E-state index in [2.05, 4.69) is 117 Å². The first-order chi connectivity index (χ1) is 14.2. The molecule has 0 fully saturated rings. The van der Waals surface area contributed by atoms with Gasteiger partial charge in [-0.2, -0.15) is 0 Å². The van der Waals surface area contributed by atoms with Crippen LogP contribution in [-0.4, -0.2) is 0 Å². The van der Waals surface area contributed by atoms with Crippen LogP contribution in [0.4, 0.5) is 0 Å². The minimum Gasteiger partial charge on any atom is -0.0622 e. The average Bonchev–Trinajstić information content (AvgIpc) is 3.12. The average molecular weight is 375 g/mol. The van der Waals surface area contributed by atoms with E-state index in [9.17, 15) is 0 Å². The smallest absolute Gasteiger partial charge is 0.0463 e. The van der Waals surface area contributed by atoms with Crippen LogP contribution in [0.5, 0.6) is 0 Å². The summed E-state index contributed by atoms with van der Waals surface area (Å²) in [6, 6.07) is 38.4. The monoisotopic (exact) mass is 374 g/mol. The third-order valence-electron chi connectivity index (χ3n) is 6.60. The Hall–Kier alpha value is -3.12. The lowest BCUT2D eigenvalue weighted by Crippen LogP contribution is -2.27. The van der Waals surface area contributed by atoms with E-state index < -0.39 is 0 Å². The highest BCUT2D eigenvalue weighted by atomic mass is 14.5. The van der Waals surface area contributed by atoms with Gasteiger partial charge in [-0.1, -0.05) is 114 Å². The molecule has 0 N–H and O–H groups in total. The van der Waals surface area contributed by atoms with Gasteiger partial charge in [-0.3, -0.25) is 0 Å². The van der Waals surface area contributed by atoms with Crippen LogP contribution in [0.3, 0.4) is 0 Å². The van der Waals surface area contributed by atoms with Gasteiger partial charge in [0.1, 0.15) is 0 Å². The Bertz CT molecular complexity index is 1070. The van der Waals surface area contributed by atoms with Gasteiger partial charge in [0.05, 0.1) is 0 Å². The molecule has 1 aliphatic carbocycles. The lowest BCUT2D eigenvalue weighted by molar-refractivity contribution is 0.577. The third kappa shape index (κ3) is 2.91. The summed E-state index contributed by atoms with van der Waals surface area (Å²) in [7, 11) is 0. The molecular formula is C29H26. The van der Waals surface area contributed by atoms with E-state index >= 15 is 0 Å². The van der Waals surface area contributed by atoms with Crippen molar-refractivity contribution < 1.29 is 0 Å². The number of aryl methyl sites for hydroxylation is 2. The molecule has 1 unspecified atom stereocenters. The first-order valence-corrected chi connectivity index (χ1v) is 10.5. The van der Waals surface area contributed by atoms with E-state index in [1.54, 1.807) is 0 Å². The zero-order chi connectivity index (χ0) is 19.8. The Kier molecular flexibility index (Phi) is 4.36. The second-order valence-electron chi connectivity index (χ2n) is 8.39. The molecule has 0 aromatic heterocycles. The predicted molar refractivity (Wildman–Crippen MR) is 122 cm³/mol. The van der Waals surface area contributed by atoms with Gasteiger partial charge < -0.3 is 0 Å². The van der Waals surface area contributed by atoms with Crippen LogP contribution in [0.2, 0.25) is 0 Å². The summed E-state index contributed by atoms with van der Waals surface area (Å²) >= 11 is 0. The van der Waals surface area contributed by atoms with Crippen LogP contribution in [0.15, 0.2) is 103 Å². The number of fused-ring (bicyclic) bond motifs is 1. The van der Waals surface area contributed by atoms with Crippen LogP contribution in [0.1, 0.15) is 51.3 Å². The van der Waals surface area contributed by atoms with Gasteiger partial charge in [0.25, 0.3) is 0 Å². The molecule has 0 aliphatic heterocycles. The maximum absolute atomic E-state index is 2.35. The fourth-order valence-corrected chi connectivity index (χ4v) is 5.09. The van der Waals surface area contributed by atoms with Gasteiger partial charge in [-0.15, -0.1) is 0 Å². The van der Waals surface area contributed by atoms with Crippen molar-refractivity contribution in [2.45, 2.75) is 31.6 Å². The van der Waals surface area contributed by atoms with Gasteiger partial charge >= 0.3 is 0 Å². The standard InChI is InChI=1S/C29H26/c1-21-12-16-24(17-13-21)29(25-18-14-22(2)15-19-25)20-27(23-8-4-3-5-9-23)26-10-6-7-11-28(26)29/h3-19,27H,20H2,1-2H3. The second kappa shape index (κ2) is 7.04. The molecule has 1 aliphatic rings. The summed E-state index contributed by atoms with van der Waals surface area (Å²) in [6.07, 6.45) is 1.06. The molecule has 0 saturated heterocycles. The molecule has 0 spiro atoms. The molecule has 4 aromatic rings. The zero-order valence-electron chi connectivity index (χ0n) is 17.1. The number of hydrogen-bond donors (Lipinski definition) is 0. The van der Waals surface area contributed by atoms with Gasteiger partial charge in [0, 0.05) is 11.3 Å². The molecule has 0 nitrogen and oxygen atoms in total. The maximum atomic E-state index is 2.35. The molecule has 142 valence electrons. The molecule has 1 atom stereocenters. The minimum atomic E-state index is -0.126. The SMILES string of the molecule is Cc1ccc(C2(c3ccc(C)cc3)CC(c3ccccc3)c3ccccc32)cc1.